The molecule has 2 rings (SSSR count). The Balaban J connectivity index is 2.46. The highest BCUT2D eigenvalue weighted by molar-refractivity contribution is 5.95. The van der Waals surface area contributed by atoms with Gasteiger partial charge in [-0.25, -0.2) is 9.07 Å². The molecule has 5 nitrogen and oxygen atoms in total. The summed E-state index contributed by atoms with van der Waals surface area (Å²) < 4.78 is 14.9. The lowest BCUT2D eigenvalue weighted by atomic mass is 10.1. The summed E-state index contributed by atoms with van der Waals surface area (Å²) >= 11 is 0. The summed E-state index contributed by atoms with van der Waals surface area (Å²) in [5, 5.41) is 4.47. The highest BCUT2D eigenvalue weighted by Gasteiger charge is 2.22. The van der Waals surface area contributed by atoms with Crippen molar-refractivity contribution in [2.45, 2.75) is 34.1 Å². The summed E-state index contributed by atoms with van der Waals surface area (Å²) in [6.07, 6.45) is 5.14. The second-order valence-corrected chi connectivity index (χ2v) is 5.36. The van der Waals surface area contributed by atoms with Crippen LogP contribution >= 0.6 is 0 Å². The van der Waals surface area contributed by atoms with Gasteiger partial charge >= 0.3 is 0 Å². The lowest BCUT2D eigenvalue weighted by Crippen LogP contribution is -2.34. The molecule has 0 aromatic carbocycles. The van der Waals surface area contributed by atoms with Gasteiger partial charge in [0.25, 0.3) is 0 Å². The molecule has 6 heteroatoms. The summed E-state index contributed by atoms with van der Waals surface area (Å²) in [7, 11) is 0. The minimum atomic E-state index is -0.418. The number of anilines is 1. The van der Waals surface area contributed by atoms with Gasteiger partial charge in [-0.3, -0.25) is 9.78 Å². The van der Waals surface area contributed by atoms with E-state index in [1.807, 2.05) is 27.7 Å². The molecule has 0 aliphatic carbocycles. The molecule has 1 amide bonds. The number of amides is 1. The fourth-order valence-corrected chi connectivity index (χ4v) is 2.29. The van der Waals surface area contributed by atoms with Gasteiger partial charge in [-0.1, -0.05) is 20.8 Å². The first-order valence-electron chi connectivity index (χ1n) is 7.48. The van der Waals surface area contributed by atoms with Gasteiger partial charge in [0.2, 0.25) is 5.91 Å². The van der Waals surface area contributed by atoms with Crippen LogP contribution in [0.3, 0.4) is 0 Å². The van der Waals surface area contributed by atoms with Crippen molar-refractivity contribution < 1.29 is 9.18 Å². The lowest BCUT2D eigenvalue weighted by Gasteiger charge is -2.22. The molecular formula is C16H21FN4O. The van der Waals surface area contributed by atoms with Gasteiger partial charge in [0, 0.05) is 18.5 Å². The fraction of sp³-hybridized carbons (Fsp3) is 0.438. The number of carbonyl (C=O) groups is 1. The van der Waals surface area contributed by atoms with E-state index in [-0.39, 0.29) is 11.8 Å². The molecule has 0 radical (unpaired) electrons. The molecule has 0 N–H and O–H groups in total. The Labute approximate surface area is 129 Å². The number of aryl methyl sites for hydroxylation is 1. The maximum absolute atomic E-state index is 13.3. The molecule has 0 saturated heterocycles. The summed E-state index contributed by atoms with van der Waals surface area (Å²) in [6, 6.07) is 1.36. The number of halogens is 1. The second kappa shape index (κ2) is 6.68. The Bertz CT molecular complexity index is 666. The molecule has 0 bridgehead atoms. The number of hydrogen-bond acceptors (Lipinski definition) is 3. The maximum Gasteiger partial charge on any atom is 0.229 e. The monoisotopic (exact) mass is 304 g/mol. The maximum atomic E-state index is 13.3. The van der Waals surface area contributed by atoms with Gasteiger partial charge in [0.1, 0.15) is 5.82 Å². The molecule has 118 valence electrons. The standard InChI is InChI=1S/C16H21FN4O/c1-5-14-15(20(6-2)16(22)11(3)4)10-21(19-14)13-7-12(17)8-18-9-13/h7-11H,5-6H2,1-4H3. The number of rotatable bonds is 5. The first-order chi connectivity index (χ1) is 10.5. The summed E-state index contributed by atoms with van der Waals surface area (Å²) in [4.78, 5) is 17.9. The predicted molar refractivity (Wildman–Crippen MR) is 83.6 cm³/mol. The molecule has 0 spiro atoms. The van der Waals surface area contributed by atoms with E-state index in [0.717, 1.165) is 17.6 Å². The zero-order valence-corrected chi connectivity index (χ0v) is 13.4. The first kappa shape index (κ1) is 16.1. The van der Waals surface area contributed by atoms with E-state index in [0.29, 0.717) is 18.7 Å². The molecule has 0 aliphatic rings. The molecule has 0 aliphatic heterocycles. The topological polar surface area (TPSA) is 51.0 Å². The van der Waals surface area contributed by atoms with Crippen molar-refractivity contribution in [1.29, 1.82) is 0 Å². The third-order valence-corrected chi connectivity index (χ3v) is 3.43. The molecule has 2 aromatic rings. The number of nitrogens with zero attached hydrogens (tertiary/aromatic N) is 4. The van der Waals surface area contributed by atoms with E-state index >= 15 is 0 Å². The molecule has 0 saturated carbocycles. The van der Waals surface area contributed by atoms with Crippen LogP contribution in [0.4, 0.5) is 10.1 Å². The SMILES string of the molecule is CCc1nn(-c2cncc(F)c2)cc1N(CC)C(=O)C(C)C. The number of carbonyl (C=O) groups excluding carboxylic acids is 1. The first-order valence-corrected chi connectivity index (χ1v) is 7.48. The van der Waals surface area contributed by atoms with Gasteiger partial charge < -0.3 is 4.90 Å². The zero-order valence-electron chi connectivity index (χ0n) is 13.4. The van der Waals surface area contributed by atoms with Gasteiger partial charge in [0.05, 0.1) is 35.7 Å². The van der Waals surface area contributed by atoms with Gasteiger partial charge in [-0.2, -0.15) is 5.10 Å². The third kappa shape index (κ3) is 3.16. The van der Waals surface area contributed by atoms with Crippen molar-refractivity contribution in [2.75, 3.05) is 11.4 Å². The quantitative estimate of drug-likeness (QED) is 0.853. The molecule has 0 unspecified atom stereocenters. The van der Waals surface area contributed by atoms with Crippen LogP contribution in [-0.2, 0) is 11.2 Å². The van der Waals surface area contributed by atoms with Crippen LogP contribution in [0, 0.1) is 11.7 Å². The van der Waals surface area contributed by atoms with Crippen LogP contribution in [-0.4, -0.2) is 27.2 Å². The summed E-state index contributed by atoms with van der Waals surface area (Å²) in [5.74, 6) is -0.462. The van der Waals surface area contributed by atoms with Crippen LogP contribution in [0.1, 0.15) is 33.4 Å². The highest BCUT2D eigenvalue weighted by atomic mass is 19.1. The van der Waals surface area contributed by atoms with E-state index in [2.05, 4.69) is 10.1 Å². The molecular weight excluding hydrogens is 283 g/mol. The molecule has 2 aromatic heterocycles. The van der Waals surface area contributed by atoms with Crippen molar-refractivity contribution in [3.05, 3.63) is 36.2 Å². The van der Waals surface area contributed by atoms with Crippen molar-refractivity contribution in [3.63, 3.8) is 0 Å². The average Bonchev–Trinajstić information content (AvgIpc) is 2.92. The summed E-state index contributed by atoms with van der Waals surface area (Å²) in [5.41, 5.74) is 2.11. The third-order valence-electron chi connectivity index (χ3n) is 3.43. The Hall–Kier alpha value is -2.24. The summed E-state index contributed by atoms with van der Waals surface area (Å²) in [6.45, 7) is 8.22. The van der Waals surface area contributed by atoms with Gasteiger partial charge in [-0.05, 0) is 13.3 Å². The lowest BCUT2D eigenvalue weighted by molar-refractivity contribution is -0.121. The Morgan fingerprint density at radius 2 is 2.09 bits per heavy atom. The zero-order chi connectivity index (χ0) is 16.3. The van der Waals surface area contributed by atoms with Crippen LogP contribution in [0.25, 0.3) is 5.69 Å². The molecule has 2 heterocycles. The fourth-order valence-electron chi connectivity index (χ4n) is 2.29. The molecule has 22 heavy (non-hydrogen) atoms. The van der Waals surface area contributed by atoms with Crippen LogP contribution in [0.2, 0.25) is 0 Å². The van der Waals surface area contributed by atoms with E-state index in [4.69, 9.17) is 0 Å². The van der Waals surface area contributed by atoms with Crippen molar-refractivity contribution in [2.24, 2.45) is 5.92 Å². The normalized spacial score (nSPS) is 11.0. The van der Waals surface area contributed by atoms with Crippen molar-refractivity contribution in [3.8, 4) is 5.69 Å². The van der Waals surface area contributed by atoms with E-state index < -0.39 is 5.82 Å². The predicted octanol–water partition coefficient (Wildman–Crippen LogP) is 2.98. The molecule has 0 atom stereocenters. The number of hydrogen-bond donors (Lipinski definition) is 0. The minimum Gasteiger partial charge on any atom is -0.309 e. The van der Waals surface area contributed by atoms with Crippen molar-refractivity contribution in [1.82, 2.24) is 14.8 Å². The van der Waals surface area contributed by atoms with E-state index in [1.54, 1.807) is 22.0 Å². The van der Waals surface area contributed by atoms with Gasteiger partial charge in [0.15, 0.2) is 0 Å². The second-order valence-electron chi connectivity index (χ2n) is 5.36. The smallest absolute Gasteiger partial charge is 0.229 e. The van der Waals surface area contributed by atoms with Crippen LogP contribution in [0.15, 0.2) is 24.7 Å². The Morgan fingerprint density at radius 3 is 2.64 bits per heavy atom. The van der Waals surface area contributed by atoms with Crippen LogP contribution in [0.5, 0.6) is 0 Å². The largest absolute Gasteiger partial charge is 0.309 e. The highest BCUT2D eigenvalue weighted by Crippen LogP contribution is 2.24. The van der Waals surface area contributed by atoms with E-state index in [9.17, 15) is 9.18 Å². The van der Waals surface area contributed by atoms with Crippen molar-refractivity contribution >= 4 is 11.6 Å². The van der Waals surface area contributed by atoms with Gasteiger partial charge in [-0.15, -0.1) is 0 Å². The van der Waals surface area contributed by atoms with Crippen LogP contribution < -0.4 is 4.90 Å². The molecule has 0 fully saturated rings. The number of pyridine rings is 1. The average molecular weight is 304 g/mol. The number of aromatic nitrogens is 3. The Kier molecular flexibility index (Phi) is 4.90. The van der Waals surface area contributed by atoms with E-state index in [1.165, 1.54) is 6.07 Å². The Morgan fingerprint density at radius 1 is 1.36 bits per heavy atom. The minimum absolute atomic E-state index is 0.0501.